The van der Waals surface area contributed by atoms with Crippen molar-refractivity contribution in [3.8, 4) is 5.75 Å². The number of allylic oxidation sites excluding steroid dienone is 3. The summed E-state index contributed by atoms with van der Waals surface area (Å²) < 4.78 is 4.90. The van der Waals surface area contributed by atoms with E-state index < -0.39 is 0 Å². The highest BCUT2D eigenvalue weighted by Crippen LogP contribution is 2.26. The lowest BCUT2D eigenvalue weighted by Crippen LogP contribution is -2.24. The number of ether oxygens (including phenoxy) is 1. The van der Waals surface area contributed by atoms with Crippen LogP contribution in [0.4, 0.5) is 5.69 Å². The summed E-state index contributed by atoms with van der Waals surface area (Å²) >= 11 is 6.03. The van der Waals surface area contributed by atoms with E-state index in [0.717, 1.165) is 18.4 Å². The molecule has 1 N–H and O–H groups in total. The molecule has 4 rings (SSSR count). The number of hydrogen-bond acceptors (Lipinski definition) is 4. The molecule has 1 aliphatic heterocycles. The number of methoxy groups -OCH3 is 1. The Labute approximate surface area is 202 Å². The molecule has 6 heteroatoms. The summed E-state index contributed by atoms with van der Waals surface area (Å²) in [6.45, 7) is 4.63. The van der Waals surface area contributed by atoms with Crippen LogP contribution in [0.2, 0.25) is 0 Å². The Balaban J connectivity index is 0.000000176. The van der Waals surface area contributed by atoms with Crippen LogP contribution in [0.5, 0.6) is 5.75 Å². The number of nitrogens with one attached hydrogen (secondary N) is 1. The largest absolute Gasteiger partial charge is 0.497 e. The molecular formula is C27H33ClN2O3. The fraction of sp³-hybridized carbons (Fsp3) is 0.333. The number of nitrogens with zero attached hydrogens (tertiary/aromatic N) is 1. The van der Waals surface area contributed by atoms with Crippen molar-refractivity contribution in [1.82, 2.24) is 5.32 Å². The summed E-state index contributed by atoms with van der Waals surface area (Å²) in [4.78, 5) is 22.9. The third kappa shape index (κ3) is 9.15. The summed E-state index contributed by atoms with van der Waals surface area (Å²) in [6.07, 6.45) is 9.74. The molecule has 0 bridgehead atoms. The SMILES string of the molecule is CC(=O)NC1=CCC(C)(Cl)C=C1.CN1CCCc2ccccc21.COc1cccc(C=O)c1. The Bertz CT molecular complexity index is 998. The highest BCUT2D eigenvalue weighted by Gasteiger charge is 2.18. The third-order valence-corrected chi connectivity index (χ3v) is 5.50. The average Bonchev–Trinajstić information content (AvgIpc) is 2.81. The van der Waals surface area contributed by atoms with Crippen molar-refractivity contribution in [3.63, 3.8) is 0 Å². The number of rotatable bonds is 3. The minimum Gasteiger partial charge on any atom is -0.497 e. The number of hydrogen-bond donors (Lipinski definition) is 1. The van der Waals surface area contributed by atoms with Gasteiger partial charge < -0.3 is 15.0 Å². The molecule has 5 nitrogen and oxygen atoms in total. The molecule has 2 aromatic rings. The van der Waals surface area contributed by atoms with Gasteiger partial charge in [-0.05, 0) is 56.0 Å². The van der Waals surface area contributed by atoms with Gasteiger partial charge in [0.05, 0.1) is 12.0 Å². The van der Waals surface area contributed by atoms with Gasteiger partial charge in [-0.15, -0.1) is 11.6 Å². The molecule has 0 fully saturated rings. The van der Waals surface area contributed by atoms with Gasteiger partial charge in [0.2, 0.25) is 5.91 Å². The van der Waals surface area contributed by atoms with E-state index >= 15 is 0 Å². The van der Waals surface area contributed by atoms with E-state index in [1.54, 1.807) is 31.4 Å². The molecule has 2 aliphatic rings. The molecule has 1 atom stereocenters. The number of para-hydroxylation sites is 1. The van der Waals surface area contributed by atoms with Gasteiger partial charge in [-0.3, -0.25) is 9.59 Å². The first-order valence-electron chi connectivity index (χ1n) is 11.0. The van der Waals surface area contributed by atoms with Crippen LogP contribution in [0.1, 0.15) is 42.6 Å². The monoisotopic (exact) mass is 468 g/mol. The number of aldehydes is 1. The fourth-order valence-corrected chi connectivity index (χ4v) is 3.58. The number of carbonyl (C=O) groups is 2. The van der Waals surface area contributed by atoms with Gasteiger partial charge in [0.25, 0.3) is 0 Å². The van der Waals surface area contributed by atoms with Gasteiger partial charge in [0, 0.05) is 37.5 Å². The number of amides is 1. The molecule has 33 heavy (non-hydrogen) atoms. The molecule has 1 unspecified atom stereocenters. The Morgan fingerprint density at radius 1 is 1.21 bits per heavy atom. The maximum absolute atomic E-state index is 10.7. The average molecular weight is 469 g/mol. The maximum atomic E-state index is 10.7. The van der Waals surface area contributed by atoms with Gasteiger partial charge in [0.15, 0.2) is 0 Å². The molecule has 0 spiro atoms. The minimum absolute atomic E-state index is 0.0518. The van der Waals surface area contributed by atoms with Gasteiger partial charge in [-0.25, -0.2) is 0 Å². The molecule has 1 aliphatic carbocycles. The summed E-state index contributed by atoms with van der Waals surface area (Å²) in [7, 11) is 3.74. The highest BCUT2D eigenvalue weighted by atomic mass is 35.5. The predicted molar refractivity (Wildman–Crippen MR) is 136 cm³/mol. The van der Waals surface area contributed by atoms with Gasteiger partial charge in [0.1, 0.15) is 12.0 Å². The second-order valence-corrected chi connectivity index (χ2v) is 9.07. The van der Waals surface area contributed by atoms with Crippen molar-refractivity contribution in [2.75, 3.05) is 25.6 Å². The predicted octanol–water partition coefficient (Wildman–Crippen LogP) is 5.54. The van der Waals surface area contributed by atoms with Crippen molar-refractivity contribution in [2.45, 2.75) is 38.0 Å². The Kier molecular flexibility index (Phi) is 10.2. The van der Waals surface area contributed by atoms with Crippen LogP contribution in [0.3, 0.4) is 0 Å². The first-order chi connectivity index (χ1) is 15.7. The number of aryl methyl sites for hydroxylation is 1. The normalized spacial score (nSPS) is 18.3. The topological polar surface area (TPSA) is 58.6 Å². The number of alkyl halides is 1. The fourth-order valence-electron chi connectivity index (χ4n) is 3.44. The number of anilines is 1. The summed E-state index contributed by atoms with van der Waals surface area (Å²) in [5.41, 5.74) is 4.39. The van der Waals surface area contributed by atoms with Crippen LogP contribution < -0.4 is 15.0 Å². The second-order valence-electron chi connectivity index (χ2n) is 8.20. The first kappa shape index (κ1) is 26.2. The van der Waals surface area contributed by atoms with E-state index in [0.29, 0.717) is 11.3 Å². The van der Waals surface area contributed by atoms with E-state index in [-0.39, 0.29) is 10.8 Å². The maximum Gasteiger partial charge on any atom is 0.221 e. The van der Waals surface area contributed by atoms with Crippen molar-refractivity contribution in [2.24, 2.45) is 0 Å². The van der Waals surface area contributed by atoms with Gasteiger partial charge in [-0.2, -0.15) is 0 Å². The molecule has 1 amide bonds. The van der Waals surface area contributed by atoms with Crippen molar-refractivity contribution < 1.29 is 14.3 Å². The van der Waals surface area contributed by atoms with Crippen LogP contribution in [0, 0.1) is 0 Å². The number of benzene rings is 2. The molecule has 176 valence electrons. The minimum atomic E-state index is -0.290. The molecule has 0 saturated heterocycles. The zero-order chi connectivity index (χ0) is 24.3. The van der Waals surface area contributed by atoms with E-state index in [4.69, 9.17) is 16.3 Å². The van der Waals surface area contributed by atoms with E-state index in [9.17, 15) is 9.59 Å². The molecule has 2 aromatic carbocycles. The summed E-state index contributed by atoms with van der Waals surface area (Å²) in [6, 6.07) is 15.7. The van der Waals surface area contributed by atoms with Crippen LogP contribution in [-0.2, 0) is 11.2 Å². The standard InChI is InChI=1S/C10H13N.C9H12ClNO.C8H8O2/c1-11-8-4-6-9-5-2-3-7-10(9)11;1-7(12)11-8-3-5-9(2,10)6-4-8;1-10-8-4-2-3-7(5-8)6-9/h2-3,5,7H,4,6,8H2,1H3;3-5H,6H2,1-2H3,(H,11,12);2-6H,1H3. The lowest BCUT2D eigenvalue weighted by Gasteiger charge is -2.26. The third-order valence-electron chi connectivity index (χ3n) is 5.22. The lowest BCUT2D eigenvalue weighted by atomic mass is 10.0. The lowest BCUT2D eigenvalue weighted by molar-refractivity contribution is -0.118. The van der Waals surface area contributed by atoms with E-state index in [1.807, 2.05) is 25.2 Å². The Morgan fingerprint density at radius 3 is 2.58 bits per heavy atom. The summed E-state index contributed by atoms with van der Waals surface area (Å²) in [5, 5.41) is 2.70. The van der Waals surface area contributed by atoms with Crippen LogP contribution in [-0.4, -0.2) is 37.8 Å². The van der Waals surface area contributed by atoms with Crippen molar-refractivity contribution in [1.29, 1.82) is 0 Å². The van der Waals surface area contributed by atoms with Gasteiger partial charge >= 0.3 is 0 Å². The molecule has 0 aromatic heterocycles. The second kappa shape index (κ2) is 12.9. The zero-order valence-electron chi connectivity index (χ0n) is 19.8. The smallest absolute Gasteiger partial charge is 0.221 e. The molecular weight excluding hydrogens is 436 g/mol. The Hall–Kier alpha value is -3.05. The Morgan fingerprint density at radius 2 is 1.97 bits per heavy atom. The van der Waals surface area contributed by atoms with E-state index in [1.165, 1.54) is 37.6 Å². The van der Waals surface area contributed by atoms with Crippen molar-refractivity contribution >= 4 is 29.5 Å². The zero-order valence-corrected chi connectivity index (χ0v) is 20.6. The number of fused-ring (bicyclic) bond motifs is 1. The molecule has 0 radical (unpaired) electrons. The first-order valence-corrected chi connectivity index (χ1v) is 11.4. The summed E-state index contributed by atoms with van der Waals surface area (Å²) in [5.74, 6) is 0.661. The number of carbonyl (C=O) groups excluding carboxylic acids is 2. The quantitative estimate of drug-likeness (QED) is 0.474. The van der Waals surface area contributed by atoms with Crippen LogP contribution in [0.15, 0.2) is 72.5 Å². The number of halogens is 1. The van der Waals surface area contributed by atoms with E-state index in [2.05, 4.69) is 41.5 Å². The molecule has 0 saturated carbocycles. The molecule has 1 heterocycles. The van der Waals surface area contributed by atoms with Gasteiger partial charge in [-0.1, -0.05) is 42.5 Å². The highest BCUT2D eigenvalue weighted by molar-refractivity contribution is 6.25. The van der Waals surface area contributed by atoms with Crippen LogP contribution in [0.25, 0.3) is 0 Å². The van der Waals surface area contributed by atoms with Crippen molar-refractivity contribution in [3.05, 3.63) is 83.6 Å². The van der Waals surface area contributed by atoms with Crippen LogP contribution >= 0.6 is 11.6 Å².